The molecule has 0 radical (unpaired) electrons. The van der Waals surface area contributed by atoms with E-state index < -0.39 is 0 Å². The minimum Gasteiger partial charge on any atom is -0.439 e. The van der Waals surface area contributed by atoms with Crippen molar-refractivity contribution in [2.45, 2.75) is 38.1 Å². The molecule has 2 fully saturated rings. The molecule has 1 amide bonds. The number of likely N-dealkylation sites (N-methyl/N-ethyl adjacent to an activating group) is 1. The van der Waals surface area contributed by atoms with Gasteiger partial charge in [-0.05, 0) is 43.1 Å². The quantitative estimate of drug-likeness (QED) is 0.267. The average molecular weight is 612 g/mol. The number of benzene rings is 1. The molecule has 10 nitrogen and oxygen atoms in total. The van der Waals surface area contributed by atoms with E-state index >= 15 is 0 Å². The van der Waals surface area contributed by atoms with Crippen molar-refractivity contribution in [2.24, 2.45) is 0 Å². The van der Waals surface area contributed by atoms with Crippen LogP contribution in [-0.4, -0.2) is 77.6 Å². The fraction of sp³-hybridized carbons (Fsp3) is 0.394. The molecule has 2 aliphatic rings. The number of amides is 1. The van der Waals surface area contributed by atoms with Crippen LogP contribution < -0.4 is 16.1 Å². The number of thiophene rings is 1. The maximum Gasteiger partial charge on any atom is 0.270 e. The standard InChI is InChI=1S/C33H37N7O3S/c1-37(2)33(42)26-15-22-18-35-28(36-32(22)40(26)23-6-4-5-7-23)16-21-9-8-20(14-25(21)34)24-19-44-31-27(41)17-29(43-30(24)31)39-12-10-38(3)11-13-39/h8-9,14-15,17-19,23H,4-7,10-13,16,34H2,1-3H3. The summed E-state index contributed by atoms with van der Waals surface area (Å²) in [6, 6.07) is 9.75. The van der Waals surface area contributed by atoms with Gasteiger partial charge in [0.05, 0.1) is 0 Å². The fourth-order valence-electron chi connectivity index (χ4n) is 6.46. The molecule has 228 valence electrons. The van der Waals surface area contributed by atoms with Gasteiger partial charge in [0, 0.05) is 87.0 Å². The Morgan fingerprint density at radius 3 is 2.61 bits per heavy atom. The summed E-state index contributed by atoms with van der Waals surface area (Å²) in [5.74, 6) is 1.25. The molecule has 0 unspecified atom stereocenters. The predicted octanol–water partition coefficient (Wildman–Crippen LogP) is 5.01. The molecule has 2 N–H and O–H groups in total. The second kappa shape index (κ2) is 11.4. The fourth-order valence-corrected chi connectivity index (χ4v) is 7.37. The summed E-state index contributed by atoms with van der Waals surface area (Å²) in [6.45, 7) is 3.49. The highest BCUT2D eigenvalue weighted by atomic mass is 32.1. The summed E-state index contributed by atoms with van der Waals surface area (Å²) in [4.78, 5) is 41.7. The molecule has 1 saturated heterocycles. The van der Waals surface area contributed by atoms with E-state index in [0.717, 1.165) is 79.6 Å². The molecule has 5 aromatic rings. The highest BCUT2D eigenvalue weighted by Crippen LogP contribution is 2.37. The van der Waals surface area contributed by atoms with Crippen molar-refractivity contribution < 1.29 is 9.21 Å². The van der Waals surface area contributed by atoms with Crippen molar-refractivity contribution in [3.8, 4) is 11.1 Å². The smallest absolute Gasteiger partial charge is 0.270 e. The number of nitrogens with two attached hydrogens (primary N) is 1. The third-order valence-corrected chi connectivity index (χ3v) is 9.97. The number of fused-ring (bicyclic) bond motifs is 2. The van der Waals surface area contributed by atoms with Gasteiger partial charge in [-0.3, -0.25) is 9.59 Å². The molecule has 5 heterocycles. The van der Waals surface area contributed by atoms with E-state index in [0.29, 0.717) is 39.8 Å². The lowest BCUT2D eigenvalue weighted by Crippen LogP contribution is -2.44. The van der Waals surface area contributed by atoms with Crippen molar-refractivity contribution in [1.82, 2.24) is 24.3 Å². The van der Waals surface area contributed by atoms with Crippen LogP contribution in [-0.2, 0) is 6.42 Å². The molecular weight excluding hydrogens is 574 g/mol. The Morgan fingerprint density at radius 1 is 1.11 bits per heavy atom. The summed E-state index contributed by atoms with van der Waals surface area (Å²) in [5.41, 5.74) is 12.0. The highest BCUT2D eigenvalue weighted by Gasteiger charge is 2.27. The van der Waals surface area contributed by atoms with Crippen molar-refractivity contribution in [3.63, 3.8) is 0 Å². The van der Waals surface area contributed by atoms with Gasteiger partial charge in [0.25, 0.3) is 5.91 Å². The summed E-state index contributed by atoms with van der Waals surface area (Å²) in [7, 11) is 5.66. The zero-order valence-corrected chi connectivity index (χ0v) is 26.2. The van der Waals surface area contributed by atoms with Crippen LogP contribution in [0.1, 0.15) is 53.6 Å². The Balaban J connectivity index is 1.20. The monoisotopic (exact) mass is 611 g/mol. The van der Waals surface area contributed by atoms with Crippen LogP contribution in [0.4, 0.5) is 11.6 Å². The van der Waals surface area contributed by atoms with Crippen LogP contribution in [0.2, 0.25) is 0 Å². The Bertz CT molecular complexity index is 1930. The van der Waals surface area contributed by atoms with Crippen LogP contribution in [0.15, 0.2) is 51.1 Å². The van der Waals surface area contributed by atoms with Gasteiger partial charge < -0.3 is 29.4 Å². The minimum absolute atomic E-state index is 0.0219. The van der Waals surface area contributed by atoms with E-state index in [9.17, 15) is 9.59 Å². The largest absolute Gasteiger partial charge is 0.439 e. The Morgan fingerprint density at radius 2 is 1.89 bits per heavy atom. The molecule has 0 bridgehead atoms. The summed E-state index contributed by atoms with van der Waals surface area (Å²) >= 11 is 1.40. The molecule has 1 aliphatic carbocycles. The molecule has 1 saturated carbocycles. The molecule has 1 aromatic carbocycles. The first kappa shape index (κ1) is 28.5. The van der Waals surface area contributed by atoms with Crippen molar-refractivity contribution >= 4 is 50.1 Å². The van der Waals surface area contributed by atoms with Crippen molar-refractivity contribution in [3.05, 3.63) is 69.2 Å². The van der Waals surface area contributed by atoms with Crippen LogP contribution in [0.3, 0.4) is 0 Å². The van der Waals surface area contributed by atoms with Gasteiger partial charge in [0.15, 0.2) is 11.5 Å². The second-order valence-corrected chi connectivity index (χ2v) is 13.1. The number of piperazine rings is 1. The first-order valence-corrected chi connectivity index (χ1v) is 16.1. The number of hydrogen-bond acceptors (Lipinski definition) is 9. The van der Waals surface area contributed by atoms with E-state index in [4.69, 9.17) is 15.1 Å². The number of carbonyl (C=O) groups is 1. The Hall–Kier alpha value is -4.22. The number of nitrogen functional groups attached to an aromatic ring is 1. The van der Waals surface area contributed by atoms with Gasteiger partial charge in [-0.15, -0.1) is 11.3 Å². The zero-order chi connectivity index (χ0) is 30.5. The SMILES string of the molecule is CN1CCN(c2cc(=O)c3scc(-c4ccc(Cc5ncc6cc(C(=O)N(C)C)n(C7CCCC7)c6n5)c(N)c4)c3o2)CC1. The van der Waals surface area contributed by atoms with Gasteiger partial charge in [-0.1, -0.05) is 25.0 Å². The number of nitrogens with zero attached hydrogens (tertiary/aromatic N) is 6. The van der Waals surface area contributed by atoms with E-state index in [2.05, 4.69) is 26.4 Å². The van der Waals surface area contributed by atoms with Gasteiger partial charge in [0.1, 0.15) is 21.9 Å². The lowest BCUT2D eigenvalue weighted by molar-refractivity contribution is 0.0815. The highest BCUT2D eigenvalue weighted by molar-refractivity contribution is 7.17. The van der Waals surface area contributed by atoms with Gasteiger partial charge in [-0.2, -0.15) is 0 Å². The molecule has 44 heavy (non-hydrogen) atoms. The van der Waals surface area contributed by atoms with Crippen molar-refractivity contribution in [2.75, 3.05) is 58.0 Å². The first-order valence-electron chi connectivity index (χ1n) is 15.2. The Labute approximate surface area is 259 Å². The average Bonchev–Trinajstić information content (AvgIpc) is 3.77. The third kappa shape index (κ3) is 5.13. The molecule has 0 atom stereocenters. The van der Waals surface area contributed by atoms with E-state index in [1.54, 1.807) is 25.1 Å². The molecule has 7 rings (SSSR count). The van der Waals surface area contributed by atoms with E-state index in [1.165, 1.54) is 11.3 Å². The van der Waals surface area contributed by atoms with Crippen molar-refractivity contribution in [1.29, 1.82) is 0 Å². The van der Waals surface area contributed by atoms with E-state index in [1.807, 2.05) is 35.8 Å². The lowest BCUT2D eigenvalue weighted by Gasteiger charge is -2.32. The minimum atomic E-state index is -0.0243. The maximum absolute atomic E-state index is 13.1. The van der Waals surface area contributed by atoms with Crippen LogP contribution in [0, 0.1) is 0 Å². The summed E-state index contributed by atoms with van der Waals surface area (Å²) in [5, 5.41) is 2.84. The molecule has 1 aliphatic heterocycles. The van der Waals surface area contributed by atoms with Crippen LogP contribution in [0.5, 0.6) is 0 Å². The van der Waals surface area contributed by atoms with Crippen LogP contribution in [0.25, 0.3) is 32.4 Å². The summed E-state index contributed by atoms with van der Waals surface area (Å²) < 4.78 is 9.11. The van der Waals surface area contributed by atoms with Crippen LogP contribution >= 0.6 is 11.3 Å². The molecule has 0 spiro atoms. The lowest BCUT2D eigenvalue weighted by atomic mass is 10.0. The molecule has 4 aromatic heterocycles. The van der Waals surface area contributed by atoms with Gasteiger partial charge in [0.2, 0.25) is 5.43 Å². The number of carbonyl (C=O) groups excluding carboxylic acids is 1. The zero-order valence-electron chi connectivity index (χ0n) is 25.4. The number of hydrogen-bond donors (Lipinski definition) is 1. The van der Waals surface area contributed by atoms with Gasteiger partial charge in [-0.25, -0.2) is 9.97 Å². The maximum atomic E-state index is 13.1. The predicted molar refractivity (Wildman–Crippen MR) is 176 cm³/mol. The number of anilines is 2. The normalized spacial score (nSPS) is 16.4. The van der Waals surface area contributed by atoms with E-state index in [-0.39, 0.29) is 17.4 Å². The Kier molecular flexibility index (Phi) is 7.37. The summed E-state index contributed by atoms with van der Waals surface area (Å²) in [6.07, 6.45) is 6.67. The topological polar surface area (TPSA) is 114 Å². The first-order chi connectivity index (χ1) is 21.3. The number of rotatable bonds is 6. The second-order valence-electron chi connectivity index (χ2n) is 12.2. The third-order valence-electron chi connectivity index (χ3n) is 8.99. The van der Waals surface area contributed by atoms with Gasteiger partial charge >= 0.3 is 0 Å². The molecule has 11 heteroatoms. The molecular formula is C33H37N7O3S. The number of aromatic nitrogens is 3.